The van der Waals surface area contributed by atoms with E-state index in [1.54, 1.807) is 0 Å². The summed E-state index contributed by atoms with van der Waals surface area (Å²) in [6.45, 7) is 22.3. The third-order valence-electron chi connectivity index (χ3n) is 8.80. The predicted octanol–water partition coefficient (Wildman–Crippen LogP) is 10.5. The molecule has 1 aliphatic heterocycles. The molecular formula is C41H46N5OPt-3. The van der Waals surface area contributed by atoms with Crippen LogP contribution in [0.5, 0.6) is 11.5 Å². The number of rotatable bonds is 8. The summed E-state index contributed by atoms with van der Waals surface area (Å²) in [5.74, 6) is 3.12. The van der Waals surface area contributed by atoms with E-state index in [0.717, 1.165) is 28.0 Å². The fourth-order valence-electron chi connectivity index (χ4n) is 6.03. The van der Waals surface area contributed by atoms with Gasteiger partial charge in [-0.3, -0.25) is 0 Å². The molecule has 254 valence electrons. The van der Waals surface area contributed by atoms with Crippen LogP contribution in [0.15, 0.2) is 73.3 Å². The van der Waals surface area contributed by atoms with Crippen LogP contribution in [0, 0.1) is 18.8 Å². The molecule has 6 nitrogen and oxygen atoms in total. The van der Waals surface area contributed by atoms with Crippen molar-refractivity contribution < 1.29 is 25.8 Å². The van der Waals surface area contributed by atoms with E-state index in [1.165, 1.54) is 27.8 Å². The van der Waals surface area contributed by atoms with E-state index in [2.05, 4.69) is 126 Å². The monoisotopic (exact) mass is 819 g/mol. The molecule has 6 rings (SSSR count). The second-order valence-corrected chi connectivity index (χ2v) is 14.6. The maximum absolute atomic E-state index is 6.63. The van der Waals surface area contributed by atoms with Crippen LogP contribution < -0.4 is 9.64 Å². The Morgan fingerprint density at radius 2 is 1.52 bits per heavy atom. The van der Waals surface area contributed by atoms with Crippen LogP contribution in [0.25, 0.3) is 27.8 Å². The normalized spacial score (nSPS) is 13.4. The molecule has 2 aromatic heterocycles. The molecule has 7 heteroatoms. The molecule has 48 heavy (non-hydrogen) atoms. The minimum Gasteiger partial charge on any atom is -0.510 e. The first kappa shape index (κ1) is 35.4. The van der Waals surface area contributed by atoms with Crippen molar-refractivity contribution in [3.8, 4) is 28.4 Å². The van der Waals surface area contributed by atoms with Crippen LogP contribution in [-0.2, 0) is 26.5 Å². The zero-order valence-corrected chi connectivity index (χ0v) is 32.0. The van der Waals surface area contributed by atoms with Crippen molar-refractivity contribution in [3.05, 3.63) is 114 Å². The fraction of sp³-hybridized carbons (Fsp3) is 0.341. The van der Waals surface area contributed by atoms with Crippen LogP contribution >= 0.6 is 0 Å². The van der Waals surface area contributed by atoms with Crippen molar-refractivity contribution in [3.63, 3.8) is 0 Å². The maximum atomic E-state index is 6.63. The first-order valence-electron chi connectivity index (χ1n) is 16.6. The Labute approximate surface area is 301 Å². The molecule has 0 saturated heterocycles. The Hall–Kier alpha value is -3.89. The van der Waals surface area contributed by atoms with E-state index >= 15 is 0 Å². The van der Waals surface area contributed by atoms with Crippen LogP contribution in [0.1, 0.15) is 102 Å². The van der Waals surface area contributed by atoms with Gasteiger partial charge in [-0.25, -0.2) is 9.67 Å². The van der Waals surface area contributed by atoms with Crippen molar-refractivity contribution in [2.45, 2.75) is 85.5 Å². The van der Waals surface area contributed by atoms with Crippen molar-refractivity contribution in [2.24, 2.45) is 0 Å². The van der Waals surface area contributed by atoms with Crippen LogP contribution in [0.4, 0.5) is 5.69 Å². The average molecular weight is 820 g/mol. The van der Waals surface area contributed by atoms with Gasteiger partial charge in [-0.05, 0) is 88.1 Å². The largest absolute Gasteiger partial charge is 0.510 e. The summed E-state index contributed by atoms with van der Waals surface area (Å²) < 4.78 is 8.46. The third-order valence-corrected chi connectivity index (χ3v) is 8.80. The number of benzene rings is 3. The van der Waals surface area contributed by atoms with Gasteiger partial charge in [0.2, 0.25) is 0 Å². The number of hydrogen-bond acceptors (Lipinski definition) is 5. The van der Waals surface area contributed by atoms with E-state index in [4.69, 9.17) is 4.74 Å². The SMILES string of the molecule is CC(C)c1cc(C(C)C)c(-c2cc(Oc3[c-]c4c(cc3)cnn4-c3cc(C(C)(C)C)ccn3)[c-]c(N3C=CN(C)[CH-]3)c2)c(C(C)C)c1.[Pt]. The molecule has 0 bridgehead atoms. The van der Waals surface area contributed by atoms with Gasteiger partial charge in [-0.1, -0.05) is 79.8 Å². The minimum atomic E-state index is -0.00602. The van der Waals surface area contributed by atoms with Crippen LogP contribution in [-0.4, -0.2) is 26.7 Å². The quantitative estimate of drug-likeness (QED) is 0.146. The van der Waals surface area contributed by atoms with E-state index in [0.29, 0.717) is 29.3 Å². The molecule has 0 atom stereocenters. The van der Waals surface area contributed by atoms with Gasteiger partial charge in [0.1, 0.15) is 0 Å². The number of pyridine rings is 1. The minimum absolute atomic E-state index is 0. The average Bonchev–Trinajstić information content (AvgIpc) is 3.66. The second kappa shape index (κ2) is 13.9. The van der Waals surface area contributed by atoms with Gasteiger partial charge >= 0.3 is 0 Å². The van der Waals surface area contributed by atoms with Crippen LogP contribution in [0.3, 0.4) is 0 Å². The molecule has 0 N–H and O–H groups in total. The molecule has 1 aliphatic rings. The molecule has 0 radical (unpaired) electrons. The Bertz CT molecular complexity index is 1920. The molecule has 0 saturated carbocycles. The molecule has 0 aliphatic carbocycles. The Morgan fingerprint density at radius 1 is 0.812 bits per heavy atom. The smallest absolute Gasteiger partial charge is 0.151 e. The molecule has 0 unspecified atom stereocenters. The fourth-order valence-corrected chi connectivity index (χ4v) is 6.03. The molecule has 0 fully saturated rings. The van der Waals surface area contributed by atoms with Gasteiger partial charge in [0.25, 0.3) is 0 Å². The standard InChI is InChI=1S/C41H46N5O.Pt/c1-26(2)30-19-36(27(3)4)40(37(20-30)28(5)6)31-17-33(45-16-15-44(10)25-45)22-35(18-31)47-34-12-11-29-24-43-46(38(29)23-34)39-21-32(13-14-42-39)41(7,8)9;/h11-21,24-28H,1-10H3;/q-3;. The number of nitrogens with zero attached hydrogens (tertiary/aromatic N) is 5. The number of hydrogen-bond donors (Lipinski definition) is 0. The first-order valence-corrected chi connectivity index (χ1v) is 16.6. The number of ether oxygens (including phenoxy) is 1. The first-order chi connectivity index (χ1) is 22.3. The van der Waals surface area contributed by atoms with Gasteiger partial charge in [0.05, 0.1) is 0 Å². The summed E-state index contributed by atoms with van der Waals surface area (Å²) >= 11 is 0. The van der Waals surface area contributed by atoms with Gasteiger partial charge in [-0.2, -0.15) is 17.8 Å². The van der Waals surface area contributed by atoms with Gasteiger partial charge in [0.15, 0.2) is 5.82 Å². The molecule has 0 amide bonds. The number of fused-ring (bicyclic) bond motifs is 1. The summed E-state index contributed by atoms with van der Waals surface area (Å²) in [6.07, 6.45) is 7.77. The van der Waals surface area contributed by atoms with E-state index < -0.39 is 0 Å². The Balaban J connectivity index is 0.00000451. The third kappa shape index (κ3) is 7.24. The Kier molecular flexibility index (Phi) is 10.3. The molecular weight excluding hydrogens is 774 g/mol. The number of aromatic nitrogens is 3. The van der Waals surface area contributed by atoms with Crippen LogP contribution in [0.2, 0.25) is 0 Å². The Morgan fingerprint density at radius 3 is 2.12 bits per heavy atom. The molecule has 3 heterocycles. The van der Waals surface area contributed by atoms with Crippen molar-refractivity contribution >= 4 is 16.6 Å². The molecule has 0 spiro atoms. The predicted molar refractivity (Wildman–Crippen MR) is 193 cm³/mol. The summed E-state index contributed by atoms with van der Waals surface area (Å²) in [4.78, 5) is 8.75. The van der Waals surface area contributed by atoms with Gasteiger partial charge < -0.3 is 14.5 Å². The van der Waals surface area contributed by atoms with E-state index in [9.17, 15) is 0 Å². The summed E-state index contributed by atoms with van der Waals surface area (Å²) in [5.41, 5.74) is 9.37. The van der Waals surface area contributed by atoms with Gasteiger partial charge in [0, 0.05) is 45.0 Å². The summed E-state index contributed by atoms with van der Waals surface area (Å²) in [5, 5.41) is 5.64. The summed E-state index contributed by atoms with van der Waals surface area (Å²) in [7, 11) is 2.02. The molecule has 3 aromatic carbocycles. The maximum Gasteiger partial charge on any atom is 0.151 e. The zero-order chi connectivity index (χ0) is 33.6. The summed E-state index contributed by atoms with van der Waals surface area (Å²) in [6, 6.07) is 24.3. The van der Waals surface area contributed by atoms with Crippen molar-refractivity contribution in [1.82, 2.24) is 19.7 Å². The topological polar surface area (TPSA) is 46.4 Å². The van der Waals surface area contributed by atoms with E-state index in [1.807, 2.05) is 60.2 Å². The second-order valence-electron chi connectivity index (χ2n) is 14.6. The van der Waals surface area contributed by atoms with Crippen molar-refractivity contribution in [1.29, 1.82) is 0 Å². The molecule has 5 aromatic rings. The van der Waals surface area contributed by atoms with E-state index in [-0.39, 0.29) is 26.5 Å². The zero-order valence-electron chi connectivity index (χ0n) is 29.7. The van der Waals surface area contributed by atoms with Gasteiger partial charge in [-0.15, -0.1) is 41.6 Å². The number of anilines is 1. The van der Waals surface area contributed by atoms with Crippen molar-refractivity contribution in [2.75, 3.05) is 11.9 Å².